The number of ether oxygens (including phenoxy) is 2. The van der Waals surface area contributed by atoms with Crippen molar-refractivity contribution in [1.82, 2.24) is 10.2 Å². The molecule has 1 aliphatic heterocycles. The van der Waals surface area contributed by atoms with Gasteiger partial charge in [-0.15, -0.1) is 0 Å². The van der Waals surface area contributed by atoms with Crippen molar-refractivity contribution in [1.29, 1.82) is 0 Å². The molecule has 0 bridgehead atoms. The number of nitrogens with one attached hydrogen (secondary N) is 1. The first-order chi connectivity index (χ1) is 9.63. The summed E-state index contributed by atoms with van der Waals surface area (Å²) in [6.45, 7) is 4.54. The molecule has 20 heavy (non-hydrogen) atoms. The Bertz CT molecular complexity index is 436. The molecule has 1 N–H and O–H groups in total. The second-order valence-corrected chi connectivity index (χ2v) is 5.60. The van der Waals surface area contributed by atoms with Gasteiger partial charge >= 0.3 is 0 Å². The Kier molecular flexibility index (Phi) is 5.26. The Morgan fingerprint density at radius 2 is 2.00 bits per heavy atom. The summed E-state index contributed by atoms with van der Waals surface area (Å²) < 4.78 is 10.7. The van der Waals surface area contributed by atoms with Crippen LogP contribution in [-0.2, 0) is 0 Å². The second kappa shape index (κ2) is 6.95. The van der Waals surface area contributed by atoms with E-state index >= 15 is 0 Å². The fourth-order valence-corrected chi connectivity index (χ4v) is 2.87. The molecule has 1 aliphatic rings. The number of methoxy groups -OCH3 is 2. The molecule has 0 aromatic heterocycles. The lowest BCUT2D eigenvalue weighted by molar-refractivity contribution is 0.218. The Labute approximate surface area is 122 Å². The summed E-state index contributed by atoms with van der Waals surface area (Å²) in [7, 11) is 5.53. The van der Waals surface area contributed by atoms with Crippen LogP contribution < -0.4 is 14.8 Å². The first-order valence-electron chi connectivity index (χ1n) is 7.30. The van der Waals surface area contributed by atoms with E-state index in [1.807, 2.05) is 6.07 Å². The third kappa shape index (κ3) is 3.64. The summed E-state index contributed by atoms with van der Waals surface area (Å²) in [5.74, 6) is 1.57. The van der Waals surface area contributed by atoms with Crippen LogP contribution in [0.4, 0.5) is 0 Å². The molecule has 1 aromatic rings. The van der Waals surface area contributed by atoms with Crippen molar-refractivity contribution in [2.45, 2.75) is 31.8 Å². The average Bonchev–Trinajstić information content (AvgIpc) is 2.46. The summed E-state index contributed by atoms with van der Waals surface area (Å²) >= 11 is 0. The van der Waals surface area contributed by atoms with Crippen LogP contribution in [-0.4, -0.2) is 45.3 Å². The minimum absolute atomic E-state index is 0.311. The number of benzene rings is 1. The van der Waals surface area contributed by atoms with E-state index in [1.54, 1.807) is 14.2 Å². The minimum atomic E-state index is 0.311. The van der Waals surface area contributed by atoms with Gasteiger partial charge in [0, 0.05) is 18.6 Å². The molecule has 0 spiro atoms. The van der Waals surface area contributed by atoms with E-state index < -0.39 is 0 Å². The lowest BCUT2D eigenvalue weighted by Crippen LogP contribution is -2.44. The molecule has 0 amide bonds. The summed E-state index contributed by atoms with van der Waals surface area (Å²) in [4.78, 5) is 2.39. The molecule has 4 heteroatoms. The van der Waals surface area contributed by atoms with Crippen LogP contribution in [0.3, 0.4) is 0 Å². The zero-order valence-corrected chi connectivity index (χ0v) is 13.0. The number of nitrogens with zero attached hydrogens (tertiary/aromatic N) is 1. The fraction of sp³-hybridized carbons (Fsp3) is 0.625. The van der Waals surface area contributed by atoms with Crippen molar-refractivity contribution >= 4 is 0 Å². The lowest BCUT2D eigenvalue weighted by atomic mass is 10.0. The maximum atomic E-state index is 5.37. The van der Waals surface area contributed by atoms with Crippen LogP contribution in [0.5, 0.6) is 11.5 Å². The van der Waals surface area contributed by atoms with Crippen molar-refractivity contribution in [3.63, 3.8) is 0 Å². The second-order valence-electron chi connectivity index (χ2n) is 5.60. The first-order valence-corrected chi connectivity index (χ1v) is 7.30. The lowest BCUT2D eigenvalue weighted by Gasteiger charge is -2.32. The van der Waals surface area contributed by atoms with Crippen LogP contribution in [0.15, 0.2) is 18.2 Å². The number of likely N-dealkylation sites (tertiary alicyclic amines) is 1. The molecule has 0 saturated carbocycles. The number of piperidine rings is 1. The van der Waals surface area contributed by atoms with Crippen LogP contribution in [0.1, 0.15) is 31.4 Å². The minimum Gasteiger partial charge on any atom is -0.493 e. The molecule has 0 radical (unpaired) electrons. The first kappa shape index (κ1) is 15.1. The van der Waals surface area contributed by atoms with Gasteiger partial charge in [-0.2, -0.15) is 0 Å². The van der Waals surface area contributed by atoms with Crippen molar-refractivity contribution in [2.75, 3.05) is 34.4 Å². The van der Waals surface area contributed by atoms with Gasteiger partial charge in [-0.25, -0.2) is 0 Å². The topological polar surface area (TPSA) is 33.7 Å². The van der Waals surface area contributed by atoms with Gasteiger partial charge in [0.2, 0.25) is 0 Å². The monoisotopic (exact) mass is 278 g/mol. The van der Waals surface area contributed by atoms with Gasteiger partial charge < -0.3 is 19.7 Å². The van der Waals surface area contributed by atoms with Gasteiger partial charge in [0.1, 0.15) is 0 Å². The van der Waals surface area contributed by atoms with Gasteiger partial charge in [-0.1, -0.05) is 6.07 Å². The van der Waals surface area contributed by atoms with Crippen LogP contribution >= 0.6 is 0 Å². The van der Waals surface area contributed by atoms with Gasteiger partial charge in [0.05, 0.1) is 14.2 Å². The van der Waals surface area contributed by atoms with Gasteiger partial charge in [0.15, 0.2) is 11.5 Å². The van der Waals surface area contributed by atoms with Crippen molar-refractivity contribution in [3.8, 4) is 11.5 Å². The summed E-state index contributed by atoms with van der Waals surface area (Å²) in [5, 5.41) is 3.72. The summed E-state index contributed by atoms with van der Waals surface area (Å²) in [6, 6.07) is 7.01. The smallest absolute Gasteiger partial charge is 0.161 e. The molecular formula is C16H26N2O2. The molecule has 0 aliphatic carbocycles. The zero-order valence-electron chi connectivity index (χ0n) is 13.0. The SMILES string of the molecule is COc1ccc(C(C)NC2CCCN(C)C2)cc1OC. The van der Waals surface area contributed by atoms with E-state index in [1.165, 1.54) is 24.9 Å². The van der Waals surface area contributed by atoms with E-state index in [0.717, 1.165) is 18.0 Å². The van der Waals surface area contributed by atoms with Gasteiger partial charge in [-0.3, -0.25) is 0 Å². The van der Waals surface area contributed by atoms with Crippen molar-refractivity contribution in [2.24, 2.45) is 0 Å². The maximum absolute atomic E-state index is 5.37. The third-order valence-electron chi connectivity index (χ3n) is 4.02. The Hall–Kier alpha value is -1.26. The molecule has 1 saturated heterocycles. The largest absolute Gasteiger partial charge is 0.493 e. The van der Waals surface area contributed by atoms with Crippen molar-refractivity contribution < 1.29 is 9.47 Å². The van der Waals surface area contributed by atoms with Crippen LogP contribution in [0.25, 0.3) is 0 Å². The molecular weight excluding hydrogens is 252 g/mol. The standard InChI is InChI=1S/C16H26N2O2/c1-12(17-14-6-5-9-18(2)11-14)13-7-8-15(19-3)16(10-13)20-4/h7-8,10,12,14,17H,5-6,9,11H2,1-4H3. The van der Waals surface area contributed by atoms with Crippen LogP contribution in [0.2, 0.25) is 0 Å². The molecule has 1 aromatic carbocycles. The highest BCUT2D eigenvalue weighted by Crippen LogP contribution is 2.30. The zero-order chi connectivity index (χ0) is 14.5. The quantitative estimate of drug-likeness (QED) is 0.897. The Balaban J connectivity index is 2.03. The van der Waals surface area contributed by atoms with Gasteiger partial charge in [-0.05, 0) is 51.1 Å². The Morgan fingerprint density at radius 3 is 2.65 bits per heavy atom. The Morgan fingerprint density at radius 1 is 1.25 bits per heavy atom. The average molecular weight is 278 g/mol. The molecule has 2 rings (SSSR count). The van der Waals surface area contributed by atoms with E-state index in [9.17, 15) is 0 Å². The maximum Gasteiger partial charge on any atom is 0.161 e. The summed E-state index contributed by atoms with van der Waals surface area (Å²) in [5.41, 5.74) is 1.23. The predicted molar refractivity (Wildman–Crippen MR) is 81.6 cm³/mol. The summed E-state index contributed by atoms with van der Waals surface area (Å²) in [6.07, 6.45) is 2.52. The molecule has 2 unspecified atom stereocenters. The third-order valence-corrected chi connectivity index (χ3v) is 4.02. The fourth-order valence-electron chi connectivity index (χ4n) is 2.87. The van der Waals surface area contributed by atoms with E-state index in [-0.39, 0.29) is 0 Å². The number of hydrogen-bond acceptors (Lipinski definition) is 4. The predicted octanol–water partition coefficient (Wildman–Crippen LogP) is 2.45. The highest BCUT2D eigenvalue weighted by atomic mass is 16.5. The van der Waals surface area contributed by atoms with Crippen molar-refractivity contribution in [3.05, 3.63) is 23.8 Å². The molecule has 2 atom stereocenters. The molecule has 4 nitrogen and oxygen atoms in total. The molecule has 1 fully saturated rings. The van der Waals surface area contributed by atoms with E-state index in [2.05, 4.69) is 36.3 Å². The van der Waals surface area contributed by atoms with E-state index in [4.69, 9.17) is 9.47 Å². The normalized spacial score (nSPS) is 21.5. The van der Waals surface area contributed by atoms with Gasteiger partial charge in [0.25, 0.3) is 0 Å². The highest BCUT2D eigenvalue weighted by Gasteiger charge is 2.19. The number of likely N-dealkylation sites (N-methyl/N-ethyl adjacent to an activating group) is 1. The highest BCUT2D eigenvalue weighted by molar-refractivity contribution is 5.43. The molecule has 1 heterocycles. The molecule has 112 valence electrons. The number of hydrogen-bond donors (Lipinski definition) is 1. The van der Waals surface area contributed by atoms with Crippen LogP contribution in [0, 0.1) is 0 Å². The number of rotatable bonds is 5. The van der Waals surface area contributed by atoms with E-state index in [0.29, 0.717) is 12.1 Å².